The molecule has 1 heterocycles. The Balaban J connectivity index is 1.72. The van der Waals surface area contributed by atoms with E-state index in [2.05, 4.69) is 15.4 Å². The Labute approximate surface area is 135 Å². The standard InChI is InChI=1S/C14H15F3N2O3S/c15-14(16,17)8-22-6-5-18-12(20)7-11-13(21)19-9-3-1-2-4-10(9)23-11/h1-4,11H,5-8H2,(H,18,20)(H,19,21). The first-order valence-electron chi connectivity index (χ1n) is 6.83. The summed E-state index contributed by atoms with van der Waals surface area (Å²) in [4.78, 5) is 24.5. The predicted molar refractivity (Wildman–Crippen MR) is 79.2 cm³/mol. The summed E-state index contributed by atoms with van der Waals surface area (Å²) in [6.07, 6.45) is -4.43. The fraction of sp³-hybridized carbons (Fsp3) is 0.429. The van der Waals surface area contributed by atoms with Crippen molar-refractivity contribution in [3.63, 3.8) is 0 Å². The number of carbonyl (C=O) groups excluding carboxylic acids is 2. The average molecular weight is 348 g/mol. The molecule has 1 unspecified atom stereocenters. The van der Waals surface area contributed by atoms with E-state index < -0.39 is 23.9 Å². The number of alkyl halides is 3. The van der Waals surface area contributed by atoms with Gasteiger partial charge in [-0.1, -0.05) is 12.1 Å². The van der Waals surface area contributed by atoms with Gasteiger partial charge in [-0.25, -0.2) is 0 Å². The van der Waals surface area contributed by atoms with Crippen LogP contribution in [0.3, 0.4) is 0 Å². The number of rotatable bonds is 6. The van der Waals surface area contributed by atoms with E-state index in [1.165, 1.54) is 11.8 Å². The number of nitrogens with one attached hydrogen (secondary N) is 2. The smallest absolute Gasteiger partial charge is 0.370 e. The highest BCUT2D eigenvalue weighted by atomic mass is 32.2. The second-order valence-electron chi connectivity index (χ2n) is 4.81. The molecule has 2 amide bonds. The lowest BCUT2D eigenvalue weighted by Gasteiger charge is -2.23. The molecule has 0 bridgehead atoms. The number of fused-ring (bicyclic) bond motifs is 1. The quantitative estimate of drug-likeness (QED) is 0.774. The number of amides is 2. The van der Waals surface area contributed by atoms with Crippen LogP contribution in [0.1, 0.15) is 6.42 Å². The molecule has 0 aliphatic carbocycles. The van der Waals surface area contributed by atoms with Crippen LogP contribution in [0.2, 0.25) is 0 Å². The van der Waals surface area contributed by atoms with Crippen LogP contribution in [-0.2, 0) is 14.3 Å². The van der Waals surface area contributed by atoms with E-state index in [1.54, 1.807) is 12.1 Å². The third kappa shape index (κ3) is 5.76. The lowest BCUT2D eigenvalue weighted by atomic mass is 10.2. The van der Waals surface area contributed by atoms with Gasteiger partial charge in [-0.3, -0.25) is 9.59 Å². The number of halogens is 3. The van der Waals surface area contributed by atoms with Crippen molar-refractivity contribution in [1.29, 1.82) is 0 Å². The number of thioether (sulfide) groups is 1. The number of benzene rings is 1. The highest BCUT2D eigenvalue weighted by Gasteiger charge is 2.29. The molecule has 1 atom stereocenters. The molecule has 0 saturated heterocycles. The van der Waals surface area contributed by atoms with E-state index in [1.807, 2.05) is 12.1 Å². The minimum Gasteiger partial charge on any atom is -0.370 e. The van der Waals surface area contributed by atoms with Gasteiger partial charge in [0.2, 0.25) is 11.8 Å². The van der Waals surface area contributed by atoms with Crippen LogP contribution >= 0.6 is 11.8 Å². The monoisotopic (exact) mass is 348 g/mol. The third-order valence-electron chi connectivity index (χ3n) is 2.91. The summed E-state index contributed by atoms with van der Waals surface area (Å²) in [6.45, 7) is -1.62. The molecule has 0 spiro atoms. The summed E-state index contributed by atoms with van der Waals surface area (Å²) < 4.78 is 39.9. The van der Waals surface area contributed by atoms with Crippen molar-refractivity contribution in [2.75, 3.05) is 25.1 Å². The normalized spacial score (nSPS) is 17.3. The topological polar surface area (TPSA) is 67.4 Å². The average Bonchev–Trinajstić information content (AvgIpc) is 2.46. The number of hydrogen-bond acceptors (Lipinski definition) is 4. The minimum atomic E-state index is -4.38. The summed E-state index contributed by atoms with van der Waals surface area (Å²) in [5, 5.41) is 4.59. The van der Waals surface area contributed by atoms with Crippen LogP contribution in [0.5, 0.6) is 0 Å². The van der Waals surface area contributed by atoms with Gasteiger partial charge in [-0.2, -0.15) is 13.2 Å². The van der Waals surface area contributed by atoms with Crippen molar-refractivity contribution in [1.82, 2.24) is 5.32 Å². The van der Waals surface area contributed by atoms with Crippen molar-refractivity contribution in [3.8, 4) is 0 Å². The maximum atomic E-state index is 11.9. The summed E-state index contributed by atoms with van der Waals surface area (Å²) in [6, 6.07) is 7.25. The first-order chi connectivity index (χ1) is 10.8. The lowest BCUT2D eigenvalue weighted by Crippen LogP contribution is -2.36. The Morgan fingerprint density at radius 1 is 1.35 bits per heavy atom. The van der Waals surface area contributed by atoms with Gasteiger partial charge in [0, 0.05) is 17.9 Å². The van der Waals surface area contributed by atoms with E-state index >= 15 is 0 Å². The van der Waals surface area contributed by atoms with Crippen LogP contribution in [0.4, 0.5) is 18.9 Å². The van der Waals surface area contributed by atoms with Crippen molar-refractivity contribution in [2.24, 2.45) is 0 Å². The molecule has 0 saturated carbocycles. The Morgan fingerprint density at radius 2 is 2.09 bits per heavy atom. The molecule has 1 aromatic rings. The zero-order valence-electron chi connectivity index (χ0n) is 12.0. The van der Waals surface area contributed by atoms with Crippen molar-refractivity contribution >= 4 is 29.3 Å². The first kappa shape index (κ1) is 17.6. The van der Waals surface area contributed by atoms with Crippen molar-refractivity contribution in [3.05, 3.63) is 24.3 Å². The van der Waals surface area contributed by atoms with Gasteiger partial charge in [0.25, 0.3) is 0 Å². The van der Waals surface area contributed by atoms with Gasteiger partial charge < -0.3 is 15.4 Å². The zero-order chi connectivity index (χ0) is 16.9. The SMILES string of the molecule is O=C(CC1Sc2ccccc2NC1=O)NCCOCC(F)(F)F. The molecule has 23 heavy (non-hydrogen) atoms. The minimum absolute atomic E-state index is 0.0372. The number of hydrogen-bond donors (Lipinski definition) is 2. The summed E-state index contributed by atoms with van der Waals surface area (Å²) in [5.41, 5.74) is 0.708. The largest absolute Gasteiger partial charge is 0.411 e. The van der Waals surface area contributed by atoms with E-state index in [-0.39, 0.29) is 25.5 Å². The maximum Gasteiger partial charge on any atom is 0.411 e. The molecule has 1 aliphatic rings. The summed E-state index contributed by atoms with van der Waals surface area (Å²) >= 11 is 1.29. The van der Waals surface area contributed by atoms with Crippen LogP contribution in [-0.4, -0.2) is 43.0 Å². The van der Waals surface area contributed by atoms with Gasteiger partial charge in [0.05, 0.1) is 17.5 Å². The fourth-order valence-corrected chi connectivity index (χ4v) is 3.03. The van der Waals surface area contributed by atoms with E-state index in [4.69, 9.17) is 0 Å². The van der Waals surface area contributed by atoms with Gasteiger partial charge in [-0.15, -0.1) is 11.8 Å². The molecule has 1 aliphatic heterocycles. The Bertz CT molecular complexity index is 581. The molecule has 2 rings (SSSR count). The molecular weight excluding hydrogens is 333 g/mol. The Kier molecular flexibility index (Phi) is 5.89. The number of ether oxygens (including phenoxy) is 1. The van der Waals surface area contributed by atoms with Gasteiger partial charge >= 0.3 is 6.18 Å². The highest BCUT2D eigenvalue weighted by molar-refractivity contribution is 8.01. The zero-order valence-corrected chi connectivity index (χ0v) is 12.8. The molecular formula is C14H15F3N2O3S. The van der Waals surface area contributed by atoms with Gasteiger partial charge in [0.15, 0.2) is 0 Å². The molecule has 0 radical (unpaired) electrons. The van der Waals surface area contributed by atoms with Crippen LogP contribution in [0, 0.1) is 0 Å². The van der Waals surface area contributed by atoms with Crippen molar-refractivity contribution < 1.29 is 27.5 Å². The summed E-state index contributed by atoms with van der Waals surface area (Å²) in [5.74, 6) is -0.676. The van der Waals surface area contributed by atoms with E-state index in [9.17, 15) is 22.8 Å². The fourth-order valence-electron chi connectivity index (χ4n) is 1.92. The van der Waals surface area contributed by atoms with Crippen LogP contribution in [0.15, 0.2) is 29.2 Å². The molecule has 5 nitrogen and oxygen atoms in total. The number of carbonyl (C=O) groups is 2. The molecule has 1 aromatic carbocycles. The number of para-hydroxylation sites is 1. The first-order valence-corrected chi connectivity index (χ1v) is 7.71. The molecule has 0 aromatic heterocycles. The predicted octanol–water partition coefficient (Wildman–Crippen LogP) is 2.18. The van der Waals surface area contributed by atoms with Crippen LogP contribution in [0.25, 0.3) is 0 Å². The van der Waals surface area contributed by atoms with Crippen LogP contribution < -0.4 is 10.6 Å². The highest BCUT2D eigenvalue weighted by Crippen LogP contribution is 2.36. The number of anilines is 1. The Hall–Kier alpha value is -1.74. The van der Waals surface area contributed by atoms with Gasteiger partial charge in [0.1, 0.15) is 6.61 Å². The maximum absolute atomic E-state index is 11.9. The van der Waals surface area contributed by atoms with E-state index in [0.717, 1.165) is 4.90 Å². The molecule has 0 fully saturated rings. The van der Waals surface area contributed by atoms with E-state index in [0.29, 0.717) is 5.69 Å². The molecule has 126 valence electrons. The summed E-state index contributed by atoms with van der Waals surface area (Å²) in [7, 11) is 0. The molecule has 9 heteroatoms. The third-order valence-corrected chi connectivity index (χ3v) is 4.19. The second kappa shape index (κ2) is 7.69. The second-order valence-corrected chi connectivity index (χ2v) is 6.06. The Morgan fingerprint density at radius 3 is 2.83 bits per heavy atom. The van der Waals surface area contributed by atoms with Gasteiger partial charge in [-0.05, 0) is 12.1 Å². The lowest BCUT2D eigenvalue weighted by molar-refractivity contribution is -0.173. The van der Waals surface area contributed by atoms with Crippen molar-refractivity contribution in [2.45, 2.75) is 22.7 Å². The molecule has 2 N–H and O–H groups in total.